The van der Waals surface area contributed by atoms with Gasteiger partial charge in [-0.2, -0.15) is 0 Å². The average Bonchev–Trinajstić information content (AvgIpc) is 3.39. The van der Waals surface area contributed by atoms with Crippen molar-refractivity contribution in [1.29, 1.82) is 0 Å². The molecule has 1 saturated heterocycles. The monoisotopic (exact) mass is 576 g/mol. The van der Waals surface area contributed by atoms with Gasteiger partial charge in [0.15, 0.2) is 6.10 Å². The first-order chi connectivity index (χ1) is 19.6. The number of nitrogens with zero attached hydrogens (tertiary/aromatic N) is 3. The van der Waals surface area contributed by atoms with Gasteiger partial charge in [-0.1, -0.05) is 18.1 Å². The molecule has 1 amide bonds. The topological polar surface area (TPSA) is 177 Å². The van der Waals surface area contributed by atoms with E-state index in [2.05, 4.69) is 10.3 Å². The van der Waals surface area contributed by atoms with Crippen LogP contribution in [0.25, 0.3) is 11.3 Å². The van der Waals surface area contributed by atoms with Gasteiger partial charge in [0.2, 0.25) is 12.2 Å². The molecule has 1 aromatic heterocycles. The lowest BCUT2D eigenvalue weighted by molar-refractivity contribution is -0.245. The van der Waals surface area contributed by atoms with Gasteiger partial charge in [-0.15, -0.1) is 5.10 Å². The van der Waals surface area contributed by atoms with Crippen molar-refractivity contribution in [3.8, 4) is 17.0 Å². The Morgan fingerprint density at radius 3 is 2.37 bits per heavy atom. The Bertz CT molecular complexity index is 1170. The molecule has 1 aliphatic rings. The van der Waals surface area contributed by atoms with Crippen molar-refractivity contribution < 1.29 is 48.1 Å². The molecule has 0 radical (unpaired) electrons. The van der Waals surface area contributed by atoms with Crippen molar-refractivity contribution in [2.24, 2.45) is 0 Å². The Morgan fingerprint density at radius 1 is 1.00 bits per heavy atom. The van der Waals surface area contributed by atoms with E-state index in [9.17, 15) is 19.2 Å². The molecule has 4 atom stereocenters. The molecule has 14 heteroatoms. The summed E-state index contributed by atoms with van der Waals surface area (Å²) in [5.74, 6) is -1.61. The first-order valence-corrected chi connectivity index (χ1v) is 13.4. The van der Waals surface area contributed by atoms with Crippen LogP contribution in [0.15, 0.2) is 30.5 Å². The molecule has 14 nitrogen and oxygen atoms in total. The molecule has 2 N–H and O–H groups in total. The number of nitrogens with one attached hydrogen (secondary N) is 1. The highest BCUT2D eigenvalue weighted by Crippen LogP contribution is 2.29. The normalized spacial score (nSPS) is 20.1. The minimum atomic E-state index is -0.978. The maximum absolute atomic E-state index is 11.7. The molecule has 1 aliphatic heterocycles. The molecule has 0 spiro atoms. The lowest BCUT2D eigenvalue weighted by Crippen LogP contribution is -2.54. The van der Waals surface area contributed by atoms with Gasteiger partial charge in [-0.25, -0.2) is 5.48 Å². The van der Waals surface area contributed by atoms with Crippen LogP contribution in [0.2, 0.25) is 0 Å². The van der Waals surface area contributed by atoms with Crippen molar-refractivity contribution in [3.05, 3.63) is 30.5 Å². The molecule has 2 heterocycles. The quantitative estimate of drug-likeness (QED) is 0.110. The molecule has 0 bridgehead atoms. The van der Waals surface area contributed by atoms with Gasteiger partial charge in [-0.05, 0) is 37.1 Å². The number of hydrogen-bond donors (Lipinski definition) is 2. The van der Waals surface area contributed by atoms with Gasteiger partial charge >= 0.3 is 17.9 Å². The molecule has 1 aromatic carbocycles. The van der Waals surface area contributed by atoms with Crippen LogP contribution < -0.4 is 10.2 Å². The second-order valence-corrected chi connectivity index (χ2v) is 9.57. The van der Waals surface area contributed by atoms with Gasteiger partial charge < -0.3 is 23.7 Å². The van der Waals surface area contributed by atoms with Crippen molar-refractivity contribution in [2.75, 3.05) is 6.61 Å². The van der Waals surface area contributed by atoms with E-state index in [1.807, 2.05) is 18.3 Å². The molecule has 3 rings (SSSR count). The summed E-state index contributed by atoms with van der Waals surface area (Å²) in [5.41, 5.74) is 3.14. The first-order valence-electron chi connectivity index (χ1n) is 13.4. The van der Waals surface area contributed by atoms with Crippen molar-refractivity contribution in [1.82, 2.24) is 20.5 Å². The molecule has 1 fully saturated rings. The molecular formula is C27H36N4O10. The second kappa shape index (κ2) is 15.7. The zero-order valence-corrected chi connectivity index (χ0v) is 23.3. The Kier molecular flexibility index (Phi) is 12.0. The molecule has 0 unspecified atom stereocenters. The van der Waals surface area contributed by atoms with E-state index in [0.717, 1.165) is 24.8 Å². The number of benzene rings is 1. The fraction of sp³-hybridized carbons (Fsp3) is 0.556. The zero-order valence-electron chi connectivity index (χ0n) is 23.3. The number of esters is 3. The number of unbranched alkanes of at least 4 members (excludes halogenated alkanes) is 3. The van der Waals surface area contributed by atoms with E-state index < -0.39 is 42.5 Å². The first kappa shape index (κ1) is 31.5. The van der Waals surface area contributed by atoms with E-state index in [-0.39, 0.29) is 18.9 Å². The number of aromatic nitrogens is 3. The number of amides is 1. The maximum Gasteiger partial charge on any atom is 0.303 e. The third-order valence-corrected chi connectivity index (χ3v) is 6.18. The summed E-state index contributed by atoms with van der Waals surface area (Å²) in [6.07, 6.45) is 1.96. The summed E-state index contributed by atoms with van der Waals surface area (Å²) in [4.78, 5) is 45.8. The van der Waals surface area contributed by atoms with E-state index in [0.29, 0.717) is 30.8 Å². The Labute approximate surface area is 237 Å². The minimum absolute atomic E-state index is 0.0821. The van der Waals surface area contributed by atoms with E-state index in [1.54, 1.807) is 22.3 Å². The minimum Gasteiger partial charge on any atom is -0.465 e. The SMILES string of the molecule is CC(=O)OC[C@H]1O[C@H](Oc2ccc(-c3cn(CCCCCCC(=O)NO)nn3)cc2)C[C@@H](OC(C)=O)[C@@H]1OC(C)=O. The number of carbonyl (C=O) groups is 4. The number of hydroxylamine groups is 1. The molecule has 0 aliphatic carbocycles. The highest BCUT2D eigenvalue weighted by atomic mass is 16.7. The number of rotatable bonds is 14. The van der Waals surface area contributed by atoms with Crippen LogP contribution in [0.1, 0.15) is 59.3 Å². The maximum atomic E-state index is 11.7. The van der Waals surface area contributed by atoms with E-state index in [1.165, 1.54) is 20.8 Å². The molecule has 224 valence electrons. The largest absolute Gasteiger partial charge is 0.465 e. The second-order valence-electron chi connectivity index (χ2n) is 9.57. The van der Waals surface area contributed by atoms with Gasteiger partial charge in [0, 0.05) is 39.3 Å². The van der Waals surface area contributed by atoms with E-state index in [4.69, 9.17) is 28.9 Å². The summed E-state index contributed by atoms with van der Waals surface area (Å²) in [6, 6.07) is 7.11. The van der Waals surface area contributed by atoms with Crippen LogP contribution >= 0.6 is 0 Å². The Balaban J connectivity index is 1.58. The lowest BCUT2D eigenvalue weighted by atomic mass is 10.0. The van der Waals surface area contributed by atoms with Gasteiger partial charge in [0.05, 0.1) is 12.6 Å². The summed E-state index contributed by atoms with van der Waals surface area (Å²) in [5, 5.41) is 16.9. The van der Waals surface area contributed by atoms with Gasteiger partial charge in [0.1, 0.15) is 30.3 Å². The van der Waals surface area contributed by atoms with Crippen LogP contribution in [0, 0.1) is 0 Å². The van der Waals surface area contributed by atoms with Crippen LogP contribution in [-0.2, 0) is 44.7 Å². The summed E-state index contributed by atoms with van der Waals surface area (Å²) < 4.78 is 29.5. The lowest BCUT2D eigenvalue weighted by Gasteiger charge is -2.39. The molecule has 41 heavy (non-hydrogen) atoms. The highest BCUT2D eigenvalue weighted by molar-refractivity contribution is 5.74. The van der Waals surface area contributed by atoms with Gasteiger partial charge in [-0.3, -0.25) is 29.1 Å². The van der Waals surface area contributed by atoms with Crippen LogP contribution in [0.4, 0.5) is 0 Å². The average molecular weight is 577 g/mol. The fourth-order valence-corrected chi connectivity index (χ4v) is 4.34. The Hall–Kier alpha value is -4.04. The molecular weight excluding hydrogens is 540 g/mol. The number of ether oxygens (including phenoxy) is 5. The van der Waals surface area contributed by atoms with E-state index >= 15 is 0 Å². The van der Waals surface area contributed by atoms with Crippen molar-refractivity contribution in [2.45, 2.75) is 90.4 Å². The van der Waals surface area contributed by atoms with Crippen molar-refractivity contribution in [3.63, 3.8) is 0 Å². The third kappa shape index (κ3) is 10.5. The number of aryl methyl sites for hydroxylation is 1. The van der Waals surface area contributed by atoms with Crippen LogP contribution in [0.5, 0.6) is 5.75 Å². The smallest absolute Gasteiger partial charge is 0.303 e. The predicted octanol–water partition coefficient (Wildman–Crippen LogP) is 2.32. The van der Waals surface area contributed by atoms with Gasteiger partial charge in [0.25, 0.3) is 0 Å². The molecule has 0 saturated carbocycles. The number of carbonyl (C=O) groups excluding carboxylic acids is 4. The highest BCUT2D eigenvalue weighted by Gasteiger charge is 2.44. The summed E-state index contributed by atoms with van der Waals surface area (Å²) in [7, 11) is 0. The number of hydrogen-bond acceptors (Lipinski definition) is 12. The fourth-order valence-electron chi connectivity index (χ4n) is 4.34. The molecule has 2 aromatic rings. The van der Waals surface area contributed by atoms with Crippen LogP contribution in [-0.4, -0.2) is 75.2 Å². The van der Waals surface area contributed by atoms with Crippen molar-refractivity contribution >= 4 is 23.8 Å². The van der Waals surface area contributed by atoms with Crippen LogP contribution in [0.3, 0.4) is 0 Å². The third-order valence-electron chi connectivity index (χ3n) is 6.18. The predicted molar refractivity (Wildman–Crippen MR) is 140 cm³/mol. The standard InChI is InChI=1S/C27H36N4O10/c1-17(32)37-16-24-27(39-19(3)34)23(38-18(2)33)14-26(41-24)40-21-11-9-20(10-12-21)22-15-31(30-28-22)13-7-5-4-6-8-25(35)29-36/h9-12,15,23-24,26-27,36H,4-8,13-14,16H2,1-3H3,(H,29,35)/t23-,24-,26+,27+/m1/s1. The summed E-state index contributed by atoms with van der Waals surface area (Å²) in [6.45, 7) is 4.17. The zero-order chi connectivity index (χ0) is 29.8. The Morgan fingerprint density at radius 2 is 1.71 bits per heavy atom. The summed E-state index contributed by atoms with van der Waals surface area (Å²) >= 11 is 0.